The van der Waals surface area contributed by atoms with Crippen LogP contribution < -0.4 is 11.1 Å². The molecule has 2 aromatic rings. The lowest BCUT2D eigenvalue weighted by atomic mass is 10.0. The average molecular weight is 271 g/mol. The van der Waals surface area contributed by atoms with E-state index in [-0.39, 0.29) is 10.6 Å². The Balaban J connectivity index is 2.30. The number of nitrogens with two attached hydrogens (primary N) is 1. The van der Waals surface area contributed by atoms with Gasteiger partial charge in [0.15, 0.2) is 0 Å². The van der Waals surface area contributed by atoms with Crippen molar-refractivity contribution in [3.63, 3.8) is 0 Å². The van der Waals surface area contributed by atoms with Crippen molar-refractivity contribution in [1.82, 2.24) is 0 Å². The summed E-state index contributed by atoms with van der Waals surface area (Å²) in [5.41, 5.74) is 7.83. The quantitative estimate of drug-likeness (QED) is 0.480. The number of nitrogens with zero attached hydrogens (tertiary/aromatic N) is 1. The molecule has 0 heterocycles. The van der Waals surface area contributed by atoms with E-state index in [1.54, 1.807) is 12.1 Å². The third-order valence-corrected chi connectivity index (χ3v) is 3.00. The van der Waals surface area contributed by atoms with E-state index < -0.39 is 0 Å². The van der Waals surface area contributed by atoms with Crippen molar-refractivity contribution in [2.45, 2.75) is 6.42 Å². The number of rotatable bonds is 6. The third kappa shape index (κ3) is 3.33. The monoisotopic (exact) mass is 271 g/mol. The van der Waals surface area contributed by atoms with Crippen molar-refractivity contribution in [3.8, 4) is 11.1 Å². The fourth-order valence-corrected chi connectivity index (χ4v) is 1.97. The summed E-state index contributed by atoms with van der Waals surface area (Å²) in [7, 11) is 0. The van der Waals surface area contributed by atoms with Crippen molar-refractivity contribution >= 4 is 11.4 Å². The van der Waals surface area contributed by atoms with Gasteiger partial charge in [-0.2, -0.15) is 0 Å². The summed E-state index contributed by atoms with van der Waals surface area (Å²) < 4.78 is 0. The molecule has 0 fully saturated rings. The predicted molar refractivity (Wildman–Crippen MR) is 80.7 cm³/mol. The van der Waals surface area contributed by atoms with Crippen LogP contribution in [-0.2, 0) is 0 Å². The maximum Gasteiger partial charge on any atom is 0.292 e. The molecule has 20 heavy (non-hydrogen) atoms. The Morgan fingerprint density at radius 2 is 1.85 bits per heavy atom. The zero-order valence-electron chi connectivity index (χ0n) is 11.1. The fraction of sp³-hybridized carbons (Fsp3) is 0.200. The first kappa shape index (κ1) is 14.0. The van der Waals surface area contributed by atoms with E-state index in [0.717, 1.165) is 17.5 Å². The van der Waals surface area contributed by atoms with Gasteiger partial charge in [0.2, 0.25) is 0 Å². The Morgan fingerprint density at radius 1 is 1.10 bits per heavy atom. The van der Waals surface area contributed by atoms with Crippen LogP contribution in [0.25, 0.3) is 11.1 Å². The molecule has 3 N–H and O–H groups in total. The van der Waals surface area contributed by atoms with Crippen LogP contribution in [0.3, 0.4) is 0 Å². The summed E-state index contributed by atoms with van der Waals surface area (Å²) in [5, 5.41) is 14.2. The molecule has 0 unspecified atom stereocenters. The lowest BCUT2D eigenvalue weighted by Gasteiger charge is -2.08. The van der Waals surface area contributed by atoms with Crippen LogP contribution in [0.5, 0.6) is 0 Å². The van der Waals surface area contributed by atoms with Gasteiger partial charge in [-0.1, -0.05) is 36.4 Å². The smallest absolute Gasteiger partial charge is 0.292 e. The second-order valence-electron chi connectivity index (χ2n) is 4.42. The third-order valence-electron chi connectivity index (χ3n) is 3.00. The van der Waals surface area contributed by atoms with Gasteiger partial charge in [0.25, 0.3) is 5.69 Å². The normalized spacial score (nSPS) is 10.2. The Bertz CT molecular complexity index is 585. The predicted octanol–water partition coefficient (Wildman–Crippen LogP) is 3.02. The van der Waals surface area contributed by atoms with E-state index in [4.69, 9.17) is 5.73 Å². The summed E-state index contributed by atoms with van der Waals surface area (Å²) >= 11 is 0. The standard InChI is InChI=1S/C15H17N3O2/c16-9-4-10-17-14-8-7-13(11-15(14)18(19)20)12-5-2-1-3-6-12/h1-3,5-8,11,17H,4,9-10,16H2. The molecule has 0 saturated carbocycles. The largest absolute Gasteiger partial charge is 0.379 e. The Morgan fingerprint density at radius 3 is 2.50 bits per heavy atom. The first-order valence-corrected chi connectivity index (χ1v) is 6.50. The molecular weight excluding hydrogens is 254 g/mol. The highest BCUT2D eigenvalue weighted by molar-refractivity contribution is 5.73. The molecule has 2 rings (SSSR count). The van der Waals surface area contributed by atoms with Gasteiger partial charge in [-0.3, -0.25) is 10.1 Å². The lowest BCUT2D eigenvalue weighted by Crippen LogP contribution is -2.09. The van der Waals surface area contributed by atoms with Gasteiger partial charge in [0.05, 0.1) is 4.92 Å². The van der Waals surface area contributed by atoms with Crippen LogP contribution in [-0.4, -0.2) is 18.0 Å². The minimum Gasteiger partial charge on any atom is -0.379 e. The van der Waals surface area contributed by atoms with E-state index >= 15 is 0 Å². The molecule has 104 valence electrons. The summed E-state index contributed by atoms with van der Waals surface area (Å²) in [6, 6.07) is 14.8. The van der Waals surface area contributed by atoms with Crippen molar-refractivity contribution in [2.75, 3.05) is 18.4 Å². The van der Waals surface area contributed by atoms with Gasteiger partial charge in [0.1, 0.15) is 5.69 Å². The molecule has 5 nitrogen and oxygen atoms in total. The van der Waals surface area contributed by atoms with Gasteiger partial charge >= 0.3 is 0 Å². The van der Waals surface area contributed by atoms with Crippen molar-refractivity contribution < 1.29 is 4.92 Å². The van der Waals surface area contributed by atoms with Crippen LogP contribution >= 0.6 is 0 Å². The molecule has 0 aliphatic carbocycles. The number of benzene rings is 2. The zero-order valence-corrected chi connectivity index (χ0v) is 11.1. The first-order chi connectivity index (χ1) is 9.72. The molecule has 0 amide bonds. The molecule has 0 aliphatic rings. The molecule has 0 saturated heterocycles. The number of hydrogen-bond acceptors (Lipinski definition) is 4. The molecule has 0 atom stereocenters. The average Bonchev–Trinajstić information content (AvgIpc) is 2.48. The molecule has 2 aromatic carbocycles. The maximum absolute atomic E-state index is 11.2. The topological polar surface area (TPSA) is 81.2 Å². The first-order valence-electron chi connectivity index (χ1n) is 6.50. The molecule has 0 aromatic heterocycles. The molecular formula is C15H17N3O2. The second-order valence-corrected chi connectivity index (χ2v) is 4.42. The van der Waals surface area contributed by atoms with E-state index in [1.807, 2.05) is 36.4 Å². The number of nitro benzene ring substituents is 1. The molecule has 0 bridgehead atoms. The van der Waals surface area contributed by atoms with Crippen LogP contribution in [0.1, 0.15) is 6.42 Å². The molecule has 0 aliphatic heterocycles. The highest BCUT2D eigenvalue weighted by Gasteiger charge is 2.14. The van der Waals surface area contributed by atoms with Crippen molar-refractivity contribution in [3.05, 3.63) is 58.6 Å². The number of anilines is 1. The SMILES string of the molecule is NCCCNc1ccc(-c2ccccc2)cc1[N+](=O)[O-]. The fourth-order valence-electron chi connectivity index (χ4n) is 1.97. The summed E-state index contributed by atoms with van der Waals surface area (Å²) in [6.07, 6.45) is 0.775. The van der Waals surface area contributed by atoms with E-state index in [0.29, 0.717) is 18.8 Å². The molecule has 5 heteroatoms. The van der Waals surface area contributed by atoms with Gasteiger partial charge < -0.3 is 11.1 Å². The van der Waals surface area contributed by atoms with Crippen LogP contribution in [0.4, 0.5) is 11.4 Å². The van der Waals surface area contributed by atoms with Crippen LogP contribution in [0.2, 0.25) is 0 Å². The number of hydrogen-bond donors (Lipinski definition) is 2. The molecule has 0 spiro atoms. The summed E-state index contributed by atoms with van der Waals surface area (Å²) in [5.74, 6) is 0. The summed E-state index contributed by atoms with van der Waals surface area (Å²) in [6.45, 7) is 1.19. The number of nitrogens with one attached hydrogen (secondary N) is 1. The number of nitro groups is 1. The highest BCUT2D eigenvalue weighted by atomic mass is 16.6. The minimum absolute atomic E-state index is 0.0865. The molecule has 0 radical (unpaired) electrons. The zero-order chi connectivity index (χ0) is 14.4. The van der Waals surface area contributed by atoms with Crippen molar-refractivity contribution in [2.24, 2.45) is 5.73 Å². The van der Waals surface area contributed by atoms with Gasteiger partial charge in [0, 0.05) is 12.6 Å². The van der Waals surface area contributed by atoms with E-state index in [2.05, 4.69) is 5.32 Å². The summed E-state index contributed by atoms with van der Waals surface area (Å²) in [4.78, 5) is 10.8. The van der Waals surface area contributed by atoms with Gasteiger partial charge in [-0.15, -0.1) is 0 Å². The van der Waals surface area contributed by atoms with Crippen molar-refractivity contribution in [1.29, 1.82) is 0 Å². The van der Waals surface area contributed by atoms with Crippen LogP contribution in [0, 0.1) is 10.1 Å². The van der Waals surface area contributed by atoms with Gasteiger partial charge in [-0.25, -0.2) is 0 Å². The van der Waals surface area contributed by atoms with E-state index in [1.165, 1.54) is 0 Å². The second kappa shape index (κ2) is 6.68. The minimum atomic E-state index is -0.364. The highest BCUT2D eigenvalue weighted by Crippen LogP contribution is 2.30. The van der Waals surface area contributed by atoms with Crippen LogP contribution in [0.15, 0.2) is 48.5 Å². The van der Waals surface area contributed by atoms with E-state index in [9.17, 15) is 10.1 Å². The lowest BCUT2D eigenvalue weighted by molar-refractivity contribution is -0.383. The Kier molecular flexibility index (Phi) is 4.68. The Labute approximate surface area is 117 Å². The Hall–Kier alpha value is -2.40. The van der Waals surface area contributed by atoms with Gasteiger partial charge in [-0.05, 0) is 30.2 Å². The maximum atomic E-state index is 11.2.